The van der Waals surface area contributed by atoms with E-state index < -0.39 is 0 Å². The zero-order valence-electron chi connectivity index (χ0n) is 9.22. The third-order valence-corrected chi connectivity index (χ3v) is 2.50. The Bertz CT molecular complexity index is 253. The van der Waals surface area contributed by atoms with Crippen LogP contribution in [0.1, 0.15) is 6.42 Å². The lowest BCUT2D eigenvalue weighted by atomic mass is 10.3. The smallest absolute Gasteiger partial charge is 0.119 e. The van der Waals surface area contributed by atoms with E-state index in [9.17, 15) is 0 Å². The van der Waals surface area contributed by atoms with Gasteiger partial charge in [0, 0.05) is 6.54 Å². The fraction of sp³-hybridized carbons (Fsp3) is 0.500. The maximum Gasteiger partial charge on any atom is 0.119 e. The van der Waals surface area contributed by atoms with Crippen molar-refractivity contribution in [2.75, 3.05) is 32.5 Å². The third-order valence-electron chi connectivity index (χ3n) is 2.18. The lowest BCUT2D eigenvalue weighted by Crippen LogP contribution is -2.25. The first-order valence-electron chi connectivity index (χ1n) is 5.30. The van der Waals surface area contributed by atoms with Crippen molar-refractivity contribution in [2.24, 2.45) is 0 Å². The molecule has 0 aliphatic rings. The first-order valence-corrected chi connectivity index (χ1v) is 5.93. The quantitative estimate of drug-likeness (QED) is 0.715. The van der Waals surface area contributed by atoms with Crippen LogP contribution in [0, 0.1) is 0 Å². The zero-order chi connectivity index (χ0) is 10.9. The number of hydrogen-bond acceptors (Lipinski definition) is 3. The molecule has 0 aromatic heterocycles. The Labute approximate surface area is 97.6 Å². The summed E-state index contributed by atoms with van der Waals surface area (Å²) in [5.74, 6) is 1.89. The molecule has 0 amide bonds. The second-order valence-electron chi connectivity index (χ2n) is 3.54. The standard InChI is InChI=1S/C12H19NOS/c1-13(8-5-11-15)9-10-14-12-6-3-2-4-7-12/h2-4,6-7,15H,5,8-11H2,1H3. The molecular weight excluding hydrogens is 206 g/mol. The van der Waals surface area contributed by atoms with Crippen molar-refractivity contribution in [2.45, 2.75) is 6.42 Å². The molecule has 0 bridgehead atoms. The normalized spacial score (nSPS) is 10.6. The molecule has 0 radical (unpaired) electrons. The molecule has 0 aliphatic heterocycles. The number of nitrogens with zero attached hydrogens (tertiary/aromatic N) is 1. The van der Waals surface area contributed by atoms with Gasteiger partial charge in [-0.1, -0.05) is 18.2 Å². The summed E-state index contributed by atoms with van der Waals surface area (Å²) in [6.45, 7) is 2.79. The van der Waals surface area contributed by atoms with Crippen molar-refractivity contribution in [3.05, 3.63) is 30.3 Å². The second-order valence-corrected chi connectivity index (χ2v) is 3.99. The summed E-state index contributed by atoms with van der Waals surface area (Å²) in [5.41, 5.74) is 0. The molecule has 0 fully saturated rings. The van der Waals surface area contributed by atoms with Gasteiger partial charge in [-0.3, -0.25) is 0 Å². The van der Waals surface area contributed by atoms with Crippen LogP contribution in [-0.2, 0) is 0 Å². The predicted molar refractivity (Wildman–Crippen MR) is 67.9 cm³/mol. The minimum Gasteiger partial charge on any atom is -0.492 e. The Morgan fingerprint density at radius 1 is 1.20 bits per heavy atom. The number of hydrogen-bond donors (Lipinski definition) is 1. The van der Waals surface area contributed by atoms with Crippen LogP contribution >= 0.6 is 12.6 Å². The SMILES string of the molecule is CN(CCCS)CCOc1ccccc1. The van der Waals surface area contributed by atoms with Gasteiger partial charge in [0.15, 0.2) is 0 Å². The van der Waals surface area contributed by atoms with Gasteiger partial charge in [0.25, 0.3) is 0 Å². The van der Waals surface area contributed by atoms with Crippen LogP contribution in [0.5, 0.6) is 5.75 Å². The van der Waals surface area contributed by atoms with E-state index in [4.69, 9.17) is 4.74 Å². The van der Waals surface area contributed by atoms with E-state index in [1.165, 1.54) is 0 Å². The maximum absolute atomic E-state index is 5.60. The molecule has 0 saturated carbocycles. The average Bonchev–Trinajstić information content (AvgIpc) is 2.28. The number of para-hydroxylation sites is 1. The van der Waals surface area contributed by atoms with Gasteiger partial charge < -0.3 is 9.64 Å². The van der Waals surface area contributed by atoms with Gasteiger partial charge in [-0.2, -0.15) is 12.6 Å². The highest BCUT2D eigenvalue weighted by molar-refractivity contribution is 7.80. The second kappa shape index (κ2) is 7.60. The van der Waals surface area contributed by atoms with E-state index in [1.54, 1.807) is 0 Å². The number of thiol groups is 1. The van der Waals surface area contributed by atoms with Crippen molar-refractivity contribution in [3.8, 4) is 5.75 Å². The topological polar surface area (TPSA) is 12.5 Å². The molecule has 2 nitrogen and oxygen atoms in total. The fourth-order valence-corrected chi connectivity index (χ4v) is 1.43. The van der Waals surface area contributed by atoms with Crippen LogP contribution < -0.4 is 4.74 Å². The molecule has 0 unspecified atom stereocenters. The molecule has 15 heavy (non-hydrogen) atoms. The lowest BCUT2D eigenvalue weighted by Gasteiger charge is -2.16. The Hall–Kier alpha value is -0.670. The molecule has 1 aromatic carbocycles. The molecule has 1 aromatic rings. The van der Waals surface area contributed by atoms with Gasteiger partial charge in [-0.15, -0.1) is 0 Å². The fourth-order valence-electron chi connectivity index (χ4n) is 1.29. The highest BCUT2D eigenvalue weighted by atomic mass is 32.1. The van der Waals surface area contributed by atoms with E-state index in [0.717, 1.165) is 37.6 Å². The Kier molecular flexibility index (Phi) is 6.28. The first kappa shape index (κ1) is 12.4. The molecule has 0 atom stereocenters. The Morgan fingerprint density at radius 3 is 2.60 bits per heavy atom. The van der Waals surface area contributed by atoms with Gasteiger partial charge >= 0.3 is 0 Å². The molecule has 0 saturated heterocycles. The van der Waals surface area contributed by atoms with Crippen molar-refractivity contribution in [1.29, 1.82) is 0 Å². The number of likely N-dealkylation sites (N-methyl/N-ethyl adjacent to an activating group) is 1. The summed E-state index contributed by atoms with van der Waals surface area (Å²) >= 11 is 4.19. The lowest BCUT2D eigenvalue weighted by molar-refractivity contribution is 0.238. The van der Waals surface area contributed by atoms with E-state index in [-0.39, 0.29) is 0 Å². The molecule has 3 heteroatoms. The van der Waals surface area contributed by atoms with E-state index in [0.29, 0.717) is 0 Å². The highest BCUT2D eigenvalue weighted by Gasteiger charge is 1.97. The van der Waals surface area contributed by atoms with Gasteiger partial charge in [0.05, 0.1) is 0 Å². The molecule has 0 N–H and O–H groups in total. The molecule has 84 valence electrons. The van der Waals surface area contributed by atoms with Crippen molar-refractivity contribution in [1.82, 2.24) is 4.90 Å². The summed E-state index contributed by atoms with van der Waals surface area (Å²) in [6.07, 6.45) is 1.13. The summed E-state index contributed by atoms with van der Waals surface area (Å²) in [6, 6.07) is 9.92. The van der Waals surface area contributed by atoms with Crippen LogP contribution in [0.25, 0.3) is 0 Å². The third kappa shape index (κ3) is 5.70. The highest BCUT2D eigenvalue weighted by Crippen LogP contribution is 2.07. The summed E-state index contributed by atoms with van der Waals surface area (Å²) in [7, 11) is 2.11. The van der Waals surface area contributed by atoms with Gasteiger partial charge in [-0.25, -0.2) is 0 Å². The summed E-state index contributed by atoms with van der Waals surface area (Å²) < 4.78 is 5.60. The largest absolute Gasteiger partial charge is 0.492 e. The Morgan fingerprint density at radius 2 is 1.93 bits per heavy atom. The number of benzene rings is 1. The zero-order valence-corrected chi connectivity index (χ0v) is 10.1. The molecule has 0 heterocycles. The van der Waals surface area contributed by atoms with E-state index in [2.05, 4.69) is 24.6 Å². The Balaban J connectivity index is 2.11. The molecule has 0 aliphatic carbocycles. The number of ether oxygens (including phenoxy) is 1. The summed E-state index contributed by atoms with van der Waals surface area (Å²) in [4.78, 5) is 2.26. The number of rotatable bonds is 7. The molecule has 0 spiro atoms. The molecule has 1 rings (SSSR count). The van der Waals surface area contributed by atoms with Crippen molar-refractivity contribution >= 4 is 12.6 Å². The van der Waals surface area contributed by atoms with Gasteiger partial charge in [0.1, 0.15) is 12.4 Å². The van der Waals surface area contributed by atoms with Gasteiger partial charge in [-0.05, 0) is 37.9 Å². The van der Waals surface area contributed by atoms with Crippen LogP contribution in [0.3, 0.4) is 0 Å². The maximum atomic E-state index is 5.60. The first-order chi connectivity index (χ1) is 7.33. The van der Waals surface area contributed by atoms with Crippen LogP contribution in [-0.4, -0.2) is 37.4 Å². The molecular formula is C12H19NOS. The van der Waals surface area contributed by atoms with Crippen molar-refractivity contribution in [3.63, 3.8) is 0 Å². The van der Waals surface area contributed by atoms with Gasteiger partial charge in [0.2, 0.25) is 0 Å². The minimum absolute atomic E-state index is 0.743. The average molecular weight is 225 g/mol. The van der Waals surface area contributed by atoms with Crippen LogP contribution in [0.15, 0.2) is 30.3 Å². The summed E-state index contributed by atoms with van der Waals surface area (Å²) in [5, 5.41) is 0. The van der Waals surface area contributed by atoms with E-state index >= 15 is 0 Å². The van der Waals surface area contributed by atoms with Crippen LogP contribution in [0.2, 0.25) is 0 Å². The minimum atomic E-state index is 0.743. The van der Waals surface area contributed by atoms with Crippen molar-refractivity contribution < 1.29 is 4.74 Å². The predicted octanol–water partition coefficient (Wildman–Crippen LogP) is 2.32. The van der Waals surface area contributed by atoms with E-state index in [1.807, 2.05) is 30.3 Å². The van der Waals surface area contributed by atoms with Crippen LogP contribution in [0.4, 0.5) is 0 Å². The monoisotopic (exact) mass is 225 g/mol.